The van der Waals surface area contributed by atoms with E-state index in [9.17, 15) is 4.79 Å². The van der Waals surface area contributed by atoms with Crippen LogP contribution in [0, 0.1) is 0 Å². The van der Waals surface area contributed by atoms with E-state index in [2.05, 4.69) is 22.9 Å². The lowest BCUT2D eigenvalue weighted by Crippen LogP contribution is -2.06. The molecule has 0 atom stereocenters. The minimum Gasteiger partial charge on any atom is -0.478 e. The van der Waals surface area contributed by atoms with Crippen LogP contribution in [0.15, 0.2) is 18.2 Å². The molecule has 18 heavy (non-hydrogen) atoms. The van der Waals surface area contributed by atoms with Crippen molar-refractivity contribution in [3.63, 3.8) is 0 Å². The number of hydrogen-bond acceptors (Lipinski definition) is 2. The largest absolute Gasteiger partial charge is 0.478 e. The second-order valence-electron chi connectivity index (χ2n) is 4.14. The molecular formula is C14H19BrO3. The van der Waals surface area contributed by atoms with Crippen LogP contribution < -0.4 is 0 Å². The topological polar surface area (TPSA) is 46.5 Å². The summed E-state index contributed by atoms with van der Waals surface area (Å²) in [6.45, 7) is 3.15. The summed E-state index contributed by atoms with van der Waals surface area (Å²) < 4.78 is 5.51. The molecule has 0 unspecified atom stereocenters. The van der Waals surface area contributed by atoms with Crippen LogP contribution in [0.1, 0.15) is 41.3 Å². The molecule has 0 aliphatic rings. The van der Waals surface area contributed by atoms with E-state index in [1.165, 1.54) is 0 Å². The Bertz CT molecular complexity index is 391. The lowest BCUT2D eigenvalue weighted by Gasteiger charge is -2.09. The van der Waals surface area contributed by atoms with Gasteiger partial charge in [-0.2, -0.15) is 0 Å². The number of hydrogen-bond donors (Lipinski definition) is 1. The normalized spacial score (nSPS) is 10.6. The van der Waals surface area contributed by atoms with Crippen LogP contribution in [0.4, 0.5) is 0 Å². The van der Waals surface area contributed by atoms with Crippen LogP contribution >= 0.6 is 15.9 Å². The Balaban J connectivity index is 2.76. The molecule has 1 rings (SSSR count). The maximum Gasteiger partial charge on any atom is 0.336 e. The van der Waals surface area contributed by atoms with Gasteiger partial charge in [-0.05, 0) is 30.0 Å². The van der Waals surface area contributed by atoms with Gasteiger partial charge in [0.25, 0.3) is 0 Å². The number of carbonyl (C=O) groups is 1. The molecule has 0 amide bonds. The first-order valence-corrected chi connectivity index (χ1v) is 7.30. The van der Waals surface area contributed by atoms with Gasteiger partial charge in [0.05, 0.1) is 12.2 Å². The number of aryl methyl sites for hydroxylation is 1. The molecule has 0 saturated carbocycles. The first-order valence-electron chi connectivity index (χ1n) is 6.17. The molecule has 3 nitrogen and oxygen atoms in total. The fraction of sp³-hybridized carbons (Fsp3) is 0.500. The molecule has 100 valence electrons. The highest BCUT2D eigenvalue weighted by molar-refractivity contribution is 9.09. The summed E-state index contributed by atoms with van der Waals surface area (Å²) in [5.41, 5.74) is 2.23. The van der Waals surface area contributed by atoms with E-state index in [4.69, 9.17) is 9.84 Å². The van der Waals surface area contributed by atoms with Gasteiger partial charge in [0.15, 0.2) is 0 Å². The van der Waals surface area contributed by atoms with E-state index in [0.29, 0.717) is 18.8 Å². The molecule has 0 spiro atoms. The van der Waals surface area contributed by atoms with Crippen molar-refractivity contribution in [1.29, 1.82) is 0 Å². The van der Waals surface area contributed by atoms with E-state index in [-0.39, 0.29) is 0 Å². The van der Waals surface area contributed by atoms with Crippen LogP contribution in [-0.4, -0.2) is 23.0 Å². The van der Waals surface area contributed by atoms with Gasteiger partial charge in [-0.25, -0.2) is 4.79 Å². The van der Waals surface area contributed by atoms with Crippen molar-refractivity contribution in [2.45, 2.75) is 32.8 Å². The minimum atomic E-state index is -0.894. The van der Waals surface area contributed by atoms with Gasteiger partial charge in [0.2, 0.25) is 0 Å². The smallest absolute Gasteiger partial charge is 0.336 e. The summed E-state index contributed by atoms with van der Waals surface area (Å²) in [6, 6.07) is 5.45. The lowest BCUT2D eigenvalue weighted by molar-refractivity contribution is 0.0686. The Morgan fingerprint density at radius 3 is 2.83 bits per heavy atom. The fourth-order valence-corrected chi connectivity index (χ4v) is 2.13. The Morgan fingerprint density at radius 1 is 1.44 bits per heavy atom. The number of benzene rings is 1. The van der Waals surface area contributed by atoms with Crippen LogP contribution in [0.25, 0.3) is 0 Å². The molecule has 1 N–H and O–H groups in total. The van der Waals surface area contributed by atoms with E-state index >= 15 is 0 Å². The van der Waals surface area contributed by atoms with E-state index in [0.717, 1.165) is 35.7 Å². The standard InChI is InChI=1S/C14H19BrO3/c1-2-3-8-18-10-12-9-11(6-7-15)4-5-13(12)14(16)17/h4-5,9H,2-3,6-8,10H2,1H3,(H,16,17). The van der Waals surface area contributed by atoms with Gasteiger partial charge >= 0.3 is 5.97 Å². The summed E-state index contributed by atoms with van der Waals surface area (Å²) >= 11 is 3.38. The fourth-order valence-electron chi connectivity index (χ4n) is 1.67. The van der Waals surface area contributed by atoms with Crippen molar-refractivity contribution in [2.75, 3.05) is 11.9 Å². The van der Waals surface area contributed by atoms with E-state index < -0.39 is 5.97 Å². The van der Waals surface area contributed by atoms with E-state index in [1.807, 2.05) is 12.1 Å². The average molecular weight is 315 g/mol. The maximum atomic E-state index is 11.1. The van der Waals surface area contributed by atoms with Crippen molar-refractivity contribution in [3.8, 4) is 0 Å². The average Bonchev–Trinajstić information content (AvgIpc) is 2.35. The van der Waals surface area contributed by atoms with Gasteiger partial charge in [0, 0.05) is 11.9 Å². The number of alkyl halides is 1. The highest BCUT2D eigenvalue weighted by Crippen LogP contribution is 2.15. The van der Waals surface area contributed by atoms with Crippen molar-refractivity contribution in [2.24, 2.45) is 0 Å². The second-order valence-corrected chi connectivity index (χ2v) is 4.93. The van der Waals surface area contributed by atoms with Crippen molar-refractivity contribution >= 4 is 21.9 Å². The van der Waals surface area contributed by atoms with Gasteiger partial charge in [-0.1, -0.05) is 41.4 Å². The molecule has 0 saturated heterocycles. The second kappa shape index (κ2) is 8.27. The van der Waals surface area contributed by atoms with Crippen LogP contribution in [0.3, 0.4) is 0 Å². The zero-order valence-electron chi connectivity index (χ0n) is 10.6. The molecule has 1 aromatic carbocycles. The zero-order chi connectivity index (χ0) is 13.4. The Kier molecular flexibility index (Phi) is 6.98. The Morgan fingerprint density at radius 2 is 2.22 bits per heavy atom. The first-order chi connectivity index (χ1) is 8.69. The molecule has 0 bridgehead atoms. The predicted octanol–water partition coefficient (Wildman–Crippen LogP) is 3.64. The minimum absolute atomic E-state index is 0.338. The number of rotatable bonds is 8. The van der Waals surface area contributed by atoms with Gasteiger partial charge in [-0.15, -0.1) is 0 Å². The lowest BCUT2D eigenvalue weighted by atomic mass is 10.0. The highest BCUT2D eigenvalue weighted by Gasteiger charge is 2.10. The number of ether oxygens (including phenoxy) is 1. The molecule has 4 heteroatoms. The van der Waals surface area contributed by atoms with Crippen molar-refractivity contribution < 1.29 is 14.6 Å². The monoisotopic (exact) mass is 314 g/mol. The third-order valence-electron chi connectivity index (χ3n) is 2.68. The SMILES string of the molecule is CCCCOCc1cc(CCBr)ccc1C(=O)O. The number of halogens is 1. The van der Waals surface area contributed by atoms with Crippen LogP contribution in [-0.2, 0) is 17.8 Å². The van der Waals surface area contributed by atoms with Crippen molar-refractivity contribution in [1.82, 2.24) is 0 Å². The summed E-state index contributed by atoms with van der Waals surface area (Å²) in [7, 11) is 0. The number of aromatic carboxylic acids is 1. The van der Waals surface area contributed by atoms with Gasteiger partial charge in [0.1, 0.15) is 0 Å². The van der Waals surface area contributed by atoms with Gasteiger partial charge < -0.3 is 9.84 Å². The Labute approximate surface area is 116 Å². The quantitative estimate of drug-likeness (QED) is 0.588. The molecule has 0 aromatic heterocycles. The third-order valence-corrected chi connectivity index (χ3v) is 3.08. The van der Waals surface area contributed by atoms with E-state index in [1.54, 1.807) is 6.07 Å². The molecule has 0 aliphatic carbocycles. The van der Waals surface area contributed by atoms with Crippen LogP contribution in [0.5, 0.6) is 0 Å². The zero-order valence-corrected chi connectivity index (χ0v) is 12.2. The third kappa shape index (κ3) is 4.78. The summed E-state index contributed by atoms with van der Waals surface area (Å²) in [5, 5.41) is 9.99. The summed E-state index contributed by atoms with van der Waals surface area (Å²) in [6.07, 6.45) is 2.97. The predicted molar refractivity (Wildman–Crippen MR) is 75.5 cm³/mol. The Hall–Kier alpha value is -0.870. The summed E-state index contributed by atoms with van der Waals surface area (Å²) in [5.74, 6) is -0.894. The molecule has 0 heterocycles. The van der Waals surface area contributed by atoms with Gasteiger partial charge in [-0.3, -0.25) is 0 Å². The number of carboxylic acid groups (broad SMARTS) is 1. The molecular weight excluding hydrogens is 296 g/mol. The van der Waals surface area contributed by atoms with Crippen molar-refractivity contribution in [3.05, 3.63) is 34.9 Å². The summed E-state index contributed by atoms with van der Waals surface area (Å²) in [4.78, 5) is 11.1. The molecule has 0 fully saturated rings. The molecule has 0 aliphatic heterocycles. The van der Waals surface area contributed by atoms with Crippen LogP contribution in [0.2, 0.25) is 0 Å². The molecule has 0 radical (unpaired) electrons. The molecule has 1 aromatic rings. The maximum absolute atomic E-state index is 11.1. The highest BCUT2D eigenvalue weighted by atomic mass is 79.9. The number of unbranched alkanes of at least 4 members (excludes halogenated alkanes) is 1. The number of carboxylic acids is 1. The first kappa shape index (κ1) is 15.2.